The number of nitrogens with zero attached hydrogens (tertiary/aromatic N) is 1. The van der Waals surface area contributed by atoms with Crippen LogP contribution < -0.4 is 10.6 Å². The molecule has 0 radical (unpaired) electrons. The summed E-state index contributed by atoms with van der Waals surface area (Å²) in [6.45, 7) is 5.65. The Labute approximate surface area is 213 Å². The molecule has 0 bridgehead atoms. The van der Waals surface area contributed by atoms with Crippen LogP contribution in [0.5, 0.6) is 0 Å². The number of alkyl carbamates (subject to hydrolysis) is 1. The van der Waals surface area contributed by atoms with Gasteiger partial charge in [0.25, 0.3) is 0 Å². The highest BCUT2D eigenvalue weighted by atomic mass is 16.5. The third kappa shape index (κ3) is 9.21. The summed E-state index contributed by atoms with van der Waals surface area (Å²) in [6.07, 6.45) is 5.70. The maximum Gasteiger partial charge on any atom is 0.408 e. The topological polar surface area (TPSA) is 87.7 Å². The molecular weight excluding hydrogens is 454 g/mol. The largest absolute Gasteiger partial charge is 0.445 e. The number of hydrogen-bond donors (Lipinski definition) is 2. The third-order valence-corrected chi connectivity index (χ3v) is 6.04. The van der Waals surface area contributed by atoms with E-state index in [9.17, 15) is 14.4 Å². The summed E-state index contributed by atoms with van der Waals surface area (Å²) in [4.78, 5) is 40.1. The normalized spacial score (nSPS) is 15.0. The van der Waals surface area contributed by atoms with E-state index < -0.39 is 18.2 Å². The molecule has 0 spiro atoms. The summed E-state index contributed by atoms with van der Waals surface area (Å²) in [5, 5.41) is 5.75. The number of carbonyl (C=O) groups is 3. The average Bonchev–Trinajstić information content (AvgIpc) is 3.42. The first-order valence-corrected chi connectivity index (χ1v) is 12.7. The summed E-state index contributed by atoms with van der Waals surface area (Å²) >= 11 is 0. The van der Waals surface area contributed by atoms with E-state index >= 15 is 0 Å². The van der Waals surface area contributed by atoms with Gasteiger partial charge in [0, 0.05) is 19.2 Å². The van der Waals surface area contributed by atoms with Gasteiger partial charge in [-0.25, -0.2) is 4.79 Å². The van der Waals surface area contributed by atoms with E-state index in [0.29, 0.717) is 12.8 Å². The fourth-order valence-electron chi connectivity index (χ4n) is 4.17. The van der Waals surface area contributed by atoms with E-state index in [1.165, 1.54) is 0 Å². The van der Waals surface area contributed by atoms with Crippen molar-refractivity contribution in [2.45, 2.75) is 58.2 Å². The van der Waals surface area contributed by atoms with Gasteiger partial charge in [-0.3, -0.25) is 9.59 Å². The van der Waals surface area contributed by atoms with E-state index in [0.717, 1.165) is 37.1 Å². The summed E-state index contributed by atoms with van der Waals surface area (Å²) < 4.78 is 5.33. The van der Waals surface area contributed by atoms with Crippen LogP contribution in [0, 0.1) is 5.92 Å². The fraction of sp³-hybridized carbons (Fsp3) is 0.414. The van der Waals surface area contributed by atoms with Gasteiger partial charge in [0.15, 0.2) is 0 Å². The van der Waals surface area contributed by atoms with Crippen LogP contribution in [0.4, 0.5) is 4.79 Å². The van der Waals surface area contributed by atoms with Crippen LogP contribution in [-0.2, 0) is 27.4 Å². The third-order valence-electron chi connectivity index (χ3n) is 6.04. The Hall–Kier alpha value is -3.61. The van der Waals surface area contributed by atoms with Gasteiger partial charge in [-0.15, -0.1) is 0 Å². The number of nitrogens with one attached hydrogen (secondary N) is 2. The fourth-order valence-corrected chi connectivity index (χ4v) is 4.17. The van der Waals surface area contributed by atoms with Crippen molar-refractivity contribution < 1.29 is 19.1 Å². The molecule has 2 aromatic rings. The van der Waals surface area contributed by atoms with E-state index in [2.05, 4.69) is 10.6 Å². The first-order valence-electron chi connectivity index (χ1n) is 12.7. The molecule has 0 aromatic heterocycles. The highest BCUT2D eigenvalue weighted by Gasteiger charge is 2.25. The Morgan fingerprint density at radius 2 is 1.53 bits per heavy atom. The van der Waals surface area contributed by atoms with Crippen molar-refractivity contribution in [1.82, 2.24) is 15.5 Å². The van der Waals surface area contributed by atoms with Crippen molar-refractivity contribution in [3.05, 3.63) is 83.9 Å². The summed E-state index contributed by atoms with van der Waals surface area (Å²) in [6, 6.07) is 18.0. The summed E-state index contributed by atoms with van der Waals surface area (Å²) in [5.74, 6) is -0.171. The molecule has 0 aliphatic carbocycles. The van der Waals surface area contributed by atoms with Gasteiger partial charge >= 0.3 is 6.09 Å². The minimum absolute atomic E-state index is 0.0406. The van der Waals surface area contributed by atoms with Gasteiger partial charge in [0.2, 0.25) is 11.8 Å². The standard InChI is InChI=1S/C29H37N3O4/c1-22(2)19-26(31-29(35)36-21-24-13-7-4-8-14-24)28(34)30-25(20-23-11-5-3-6-12-23)15-16-27(33)32-17-9-10-18-32/h3-8,11-16,22,25-26H,9-10,17-21H2,1-2H3,(H,30,34)(H,31,35)/b16-15+/t25-,26+/m1/s1. The predicted molar refractivity (Wildman–Crippen MR) is 140 cm³/mol. The summed E-state index contributed by atoms with van der Waals surface area (Å²) in [7, 11) is 0. The average molecular weight is 492 g/mol. The van der Waals surface area contributed by atoms with Crippen molar-refractivity contribution in [3.8, 4) is 0 Å². The molecule has 2 N–H and O–H groups in total. The van der Waals surface area contributed by atoms with E-state index in [1.54, 1.807) is 12.2 Å². The lowest BCUT2D eigenvalue weighted by Gasteiger charge is -2.23. The van der Waals surface area contributed by atoms with Crippen LogP contribution in [0.3, 0.4) is 0 Å². The van der Waals surface area contributed by atoms with Gasteiger partial charge in [-0.1, -0.05) is 80.6 Å². The molecule has 2 aromatic carbocycles. The lowest BCUT2D eigenvalue weighted by atomic mass is 10.0. The van der Waals surface area contributed by atoms with Crippen LogP contribution in [0.25, 0.3) is 0 Å². The molecule has 2 atom stereocenters. The molecule has 3 amide bonds. The number of ether oxygens (including phenoxy) is 1. The number of benzene rings is 2. The van der Waals surface area contributed by atoms with E-state index in [1.807, 2.05) is 79.4 Å². The van der Waals surface area contributed by atoms with Crippen molar-refractivity contribution in [2.75, 3.05) is 13.1 Å². The van der Waals surface area contributed by atoms with Crippen LogP contribution in [-0.4, -0.2) is 48.0 Å². The Morgan fingerprint density at radius 1 is 0.917 bits per heavy atom. The molecule has 36 heavy (non-hydrogen) atoms. The second kappa shape index (κ2) is 14.1. The zero-order valence-corrected chi connectivity index (χ0v) is 21.2. The Morgan fingerprint density at radius 3 is 2.14 bits per heavy atom. The molecule has 0 saturated carbocycles. The van der Waals surface area contributed by atoms with Crippen molar-refractivity contribution in [3.63, 3.8) is 0 Å². The monoisotopic (exact) mass is 491 g/mol. The minimum Gasteiger partial charge on any atom is -0.445 e. The lowest BCUT2D eigenvalue weighted by molar-refractivity contribution is -0.125. The molecule has 0 unspecified atom stereocenters. The maximum atomic E-state index is 13.3. The van der Waals surface area contributed by atoms with Gasteiger partial charge in [0.1, 0.15) is 12.6 Å². The van der Waals surface area contributed by atoms with Crippen molar-refractivity contribution in [1.29, 1.82) is 0 Å². The first kappa shape index (κ1) is 27.0. The quantitative estimate of drug-likeness (QED) is 0.461. The van der Waals surface area contributed by atoms with Gasteiger partial charge in [0.05, 0.1) is 6.04 Å². The van der Waals surface area contributed by atoms with Crippen LogP contribution in [0.1, 0.15) is 44.2 Å². The maximum absolute atomic E-state index is 13.3. The second-order valence-corrected chi connectivity index (χ2v) is 9.58. The molecule has 7 heteroatoms. The highest BCUT2D eigenvalue weighted by molar-refractivity contribution is 5.88. The molecule has 192 valence electrons. The molecule has 1 aliphatic heterocycles. The van der Waals surface area contributed by atoms with Gasteiger partial charge in [-0.2, -0.15) is 0 Å². The Kier molecular flexibility index (Phi) is 10.5. The molecule has 1 heterocycles. The molecule has 7 nitrogen and oxygen atoms in total. The zero-order valence-electron chi connectivity index (χ0n) is 21.2. The Bertz CT molecular complexity index is 1000. The van der Waals surface area contributed by atoms with Crippen LogP contribution in [0.2, 0.25) is 0 Å². The molecule has 3 rings (SSSR count). The second-order valence-electron chi connectivity index (χ2n) is 9.58. The van der Waals surface area contributed by atoms with Gasteiger partial charge < -0.3 is 20.3 Å². The van der Waals surface area contributed by atoms with E-state index in [-0.39, 0.29) is 24.3 Å². The minimum atomic E-state index is -0.755. The van der Waals surface area contributed by atoms with Gasteiger partial charge in [-0.05, 0) is 42.7 Å². The molecule has 1 fully saturated rings. The van der Waals surface area contributed by atoms with E-state index in [4.69, 9.17) is 4.74 Å². The van der Waals surface area contributed by atoms with Crippen molar-refractivity contribution >= 4 is 17.9 Å². The number of hydrogen-bond acceptors (Lipinski definition) is 4. The highest BCUT2D eigenvalue weighted by Crippen LogP contribution is 2.11. The predicted octanol–water partition coefficient (Wildman–Crippen LogP) is 4.23. The summed E-state index contributed by atoms with van der Waals surface area (Å²) in [5.41, 5.74) is 1.91. The van der Waals surface area contributed by atoms with Crippen molar-refractivity contribution in [2.24, 2.45) is 5.92 Å². The van der Waals surface area contributed by atoms with Crippen LogP contribution >= 0.6 is 0 Å². The smallest absolute Gasteiger partial charge is 0.408 e. The number of carbonyl (C=O) groups excluding carboxylic acids is 3. The number of likely N-dealkylation sites (tertiary alicyclic amines) is 1. The first-order chi connectivity index (χ1) is 17.4. The lowest BCUT2D eigenvalue weighted by Crippen LogP contribution is -2.50. The molecule has 1 saturated heterocycles. The number of rotatable bonds is 11. The zero-order chi connectivity index (χ0) is 25.8. The SMILES string of the molecule is CC(C)C[C@H](NC(=O)OCc1ccccc1)C(=O)N[C@H](/C=C/C(=O)N1CCCC1)Cc1ccccc1. The Balaban J connectivity index is 1.65. The molecular formula is C29H37N3O4. The molecule has 1 aliphatic rings. The number of amides is 3. The van der Waals surface area contributed by atoms with Crippen LogP contribution in [0.15, 0.2) is 72.8 Å².